The topological polar surface area (TPSA) is 66.0 Å². The van der Waals surface area contributed by atoms with Crippen molar-refractivity contribution in [2.45, 2.75) is 32.7 Å². The van der Waals surface area contributed by atoms with E-state index in [-0.39, 0.29) is 5.92 Å². The lowest BCUT2D eigenvalue weighted by molar-refractivity contribution is 0.192. The second-order valence-corrected chi connectivity index (χ2v) is 6.30. The molecule has 1 saturated heterocycles. The molecule has 1 fully saturated rings. The third kappa shape index (κ3) is 2.97. The van der Waals surface area contributed by atoms with Crippen LogP contribution < -0.4 is 0 Å². The number of nitrogens with zero attached hydrogens (tertiary/aromatic N) is 4. The van der Waals surface area contributed by atoms with Gasteiger partial charge in [0.05, 0.1) is 18.8 Å². The molecule has 3 heterocycles. The van der Waals surface area contributed by atoms with Gasteiger partial charge in [0.25, 0.3) is 5.89 Å². The summed E-state index contributed by atoms with van der Waals surface area (Å²) in [5.74, 6) is 1.55. The molecule has 0 unspecified atom stereocenters. The van der Waals surface area contributed by atoms with Crippen LogP contribution in [0.4, 0.5) is 0 Å². The number of rotatable bonds is 4. The minimum Gasteiger partial charge on any atom is -0.381 e. The quantitative estimate of drug-likeness (QED) is 0.738. The van der Waals surface area contributed by atoms with Crippen molar-refractivity contribution in [3.8, 4) is 11.5 Å². The first kappa shape index (κ1) is 15.1. The van der Waals surface area contributed by atoms with Crippen LogP contribution in [0.2, 0.25) is 0 Å². The summed E-state index contributed by atoms with van der Waals surface area (Å²) in [5.41, 5.74) is 4.28. The molecular formula is C18H20N4O2. The van der Waals surface area contributed by atoms with E-state index in [2.05, 4.69) is 40.4 Å². The van der Waals surface area contributed by atoms with E-state index < -0.39 is 0 Å². The van der Waals surface area contributed by atoms with Crippen LogP contribution in [-0.4, -0.2) is 33.1 Å². The summed E-state index contributed by atoms with van der Waals surface area (Å²) in [4.78, 5) is 4.55. The zero-order chi connectivity index (χ0) is 16.5. The molecule has 24 heavy (non-hydrogen) atoms. The van der Waals surface area contributed by atoms with E-state index in [0.717, 1.165) is 47.9 Å². The molecule has 0 radical (unpaired) electrons. The Labute approximate surface area is 140 Å². The van der Waals surface area contributed by atoms with Gasteiger partial charge in [0, 0.05) is 23.8 Å². The Balaban J connectivity index is 1.57. The van der Waals surface area contributed by atoms with E-state index in [1.165, 1.54) is 0 Å². The Bertz CT molecular complexity index is 846. The predicted molar refractivity (Wildman–Crippen MR) is 88.7 cm³/mol. The second kappa shape index (κ2) is 6.20. The van der Waals surface area contributed by atoms with Crippen molar-refractivity contribution < 1.29 is 9.26 Å². The number of hydrogen-bond donors (Lipinski definition) is 0. The summed E-state index contributed by atoms with van der Waals surface area (Å²) in [7, 11) is 0. The van der Waals surface area contributed by atoms with Gasteiger partial charge >= 0.3 is 0 Å². The van der Waals surface area contributed by atoms with Crippen molar-refractivity contribution >= 4 is 0 Å². The van der Waals surface area contributed by atoms with Crippen molar-refractivity contribution in [1.29, 1.82) is 0 Å². The zero-order valence-electron chi connectivity index (χ0n) is 13.9. The number of hydrogen-bond acceptors (Lipinski definition) is 5. The number of ether oxygens (including phenoxy) is 1. The third-order valence-electron chi connectivity index (χ3n) is 4.35. The van der Waals surface area contributed by atoms with Crippen LogP contribution in [-0.2, 0) is 11.3 Å². The Morgan fingerprint density at radius 1 is 1.25 bits per heavy atom. The minimum absolute atomic E-state index is 0.250. The molecule has 1 atom stereocenters. The lowest BCUT2D eigenvalue weighted by atomic mass is 10.1. The Kier molecular flexibility index (Phi) is 3.90. The molecule has 2 aromatic heterocycles. The van der Waals surface area contributed by atoms with Crippen molar-refractivity contribution in [2.75, 3.05) is 13.2 Å². The fraction of sp³-hybridized carbons (Fsp3) is 0.389. The molecule has 0 amide bonds. The summed E-state index contributed by atoms with van der Waals surface area (Å²) < 4.78 is 12.9. The molecule has 1 aromatic carbocycles. The maximum Gasteiger partial charge on any atom is 0.257 e. The van der Waals surface area contributed by atoms with Crippen molar-refractivity contribution in [2.24, 2.45) is 0 Å². The fourth-order valence-electron chi connectivity index (χ4n) is 3.07. The Hall–Kier alpha value is -2.47. The van der Waals surface area contributed by atoms with Gasteiger partial charge in [-0.1, -0.05) is 17.3 Å². The minimum atomic E-state index is 0.250. The molecule has 1 aliphatic heterocycles. The first-order chi connectivity index (χ1) is 11.7. The summed E-state index contributed by atoms with van der Waals surface area (Å²) >= 11 is 0. The Morgan fingerprint density at radius 3 is 2.92 bits per heavy atom. The fourth-order valence-corrected chi connectivity index (χ4v) is 3.07. The molecule has 1 aliphatic rings. The lowest BCUT2D eigenvalue weighted by Crippen LogP contribution is -2.04. The summed E-state index contributed by atoms with van der Waals surface area (Å²) in [5, 5.41) is 8.64. The van der Waals surface area contributed by atoms with E-state index in [0.29, 0.717) is 12.5 Å². The summed E-state index contributed by atoms with van der Waals surface area (Å²) in [6, 6.07) is 10.3. The van der Waals surface area contributed by atoms with Crippen LogP contribution >= 0.6 is 0 Å². The van der Waals surface area contributed by atoms with E-state index in [4.69, 9.17) is 9.26 Å². The van der Waals surface area contributed by atoms with Crippen molar-refractivity contribution in [1.82, 2.24) is 19.9 Å². The van der Waals surface area contributed by atoms with Gasteiger partial charge in [0.15, 0.2) is 5.82 Å². The number of aryl methyl sites for hydroxylation is 2. The molecule has 0 N–H and O–H groups in total. The van der Waals surface area contributed by atoms with Crippen LogP contribution in [0.1, 0.15) is 35.1 Å². The van der Waals surface area contributed by atoms with Crippen molar-refractivity contribution in [3.05, 3.63) is 53.1 Å². The monoisotopic (exact) mass is 324 g/mol. The largest absolute Gasteiger partial charge is 0.381 e. The molecule has 0 bridgehead atoms. The number of benzene rings is 1. The summed E-state index contributed by atoms with van der Waals surface area (Å²) in [6.45, 7) is 6.25. The third-order valence-corrected chi connectivity index (χ3v) is 4.35. The Morgan fingerprint density at radius 2 is 2.17 bits per heavy atom. The predicted octanol–water partition coefficient (Wildman–Crippen LogP) is 3.10. The van der Waals surface area contributed by atoms with Gasteiger partial charge in [0.1, 0.15) is 0 Å². The van der Waals surface area contributed by atoms with E-state index in [1.807, 2.05) is 23.7 Å². The van der Waals surface area contributed by atoms with Gasteiger partial charge in [-0.25, -0.2) is 0 Å². The van der Waals surface area contributed by atoms with Crippen LogP contribution in [0.5, 0.6) is 0 Å². The van der Waals surface area contributed by atoms with E-state index in [9.17, 15) is 0 Å². The molecule has 6 nitrogen and oxygen atoms in total. The molecule has 124 valence electrons. The molecule has 0 saturated carbocycles. The van der Waals surface area contributed by atoms with Crippen LogP contribution in [0.3, 0.4) is 0 Å². The maximum atomic E-state index is 5.46. The van der Waals surface area contributed by atoms with E-state index in [1.54, 1.807) is 0 Å². The van der Waals surface area contributed by atoms with Gasteiger partial charge in [-0.2, -0.15) is 10.1 Å². The molecule has 6 heteroatoms. The highest BCUT2D eigenvalue weighted by atomic mass is 16.5. The first-order valence-corrected chi connectivity index (χ1v) is 8.21. The highest BCUT2D eigenvalue weighted by molar-refractivity contribution is 5.54. The van der Waals surface area contributed by atoms with Gasteiger partial charge in [-0.15, -0.1) is 0 Å². The van der Waals surface area contributed by atoms with Crippen molar-refractivity contribution in [3.63, 3.8) is 0 Å². The van der Waals surface area contributed by atoms with Gasteiger partial charge in [0.2, 0.25) is 0 Å². The van der Waals surface area contributed by atoms with E-state index >= 15 is 0 Å². The average Bonchev–Trinajstić information content (AvgIpc) is 3.29. The molecule has 3 aromatic rings. The molecular weight excluding hydrogens is 304 g/mol. The zero-order valence-corrected chi connectivity index (χ0v) is 13.9. The summed E-state index contributed by atoms with van der Waals surface area (Å²) in [6.07, 6.45) is 0.955. The smallest absolute Gasteiger partial charge is 0.257 e. The van der Waals surface area contributed by atoms with Gasteiger partial charge in [-0.05, 0) is 44.0 Å². The molecule has 0 aliphatic carbocycles. The standard InChI is InChI=1S/C18H20N4O2/c1-12-8-13(2)22(20-12)10-14-4-3-5-15(9-14)18-19-17(21-24-18)16-6-7-23-11-16/h3-5,8-9,16H,6-7,10-11H2,1-2H3/t16-/m0/s1. The second-order valence-electron chi connectivity index (χ2n) is 6.30. The van der Waals surface area contributed by atoms with Crippen LogP contribution in [0.25, 0.3) is 11.5 Å². The van der Waals surface area contributed by atoms with Crippen LogP contribution in [0.15, 0.2) is 34.9 Å². The normalized spacial score (nSPS) is 17.5. The first-order valence-electron chi connectivity index (χ1n) is 8.21. The molecule has 0 spiro atoms. The van der Waals surface area contributed by atoms with Crippen LogP contribution in [0, 0.1) is 13.8 Å². The SMILES string of the molecule is Cc1cc(C)n(Cc2cccc(-c3nc([C@H]4CCOC4)no3)c2)n1. The highest BCUT2D eigenvalue weighted by Gasteiger charge is 2.23. The highest BCUT2D eigenvalue weighted by Crippen LogP contribution is 2.26. The van der Waals surface area contributed by atoms with Gasteiger partial charge in [-0.3, -0.25) is 4.68 Å². The lowest BCUT2D eigenvalue weighted by Gasteiger charge is -2.05. The maximum absolute atomic E-state index is 5.46. The average molecular weight is 324 g/mol. The molecule has 4 rings (SSSR count). The van der Waals surface area contributed by atoms with Gasteiger partial charge < -0.3 is 9.26 Å². The number of aromatic nitrogens is 4.